The average molecular weight is 249 g/mol. The highest BCUT2D eigenvalue weighted by molar-refractivity contribution is 5.97. The number of nitrogens with two attached hydrogens (primary N) is 1. The highest BCUT2D eigenvalue weighted by Crippen LogP contribution is 2.33. The summed E-state index contributed by atoms with van der Waals surface area (Å²) in [6.45, 7) is 3.75. The summed E-state index contributed by atoms with van der Waals surface area (Å²) in [5.41, 5.74) is 7.88. The van der Waals surface area contributed by atoms with Crippen LogP contribution in [0.2, 0.25) is 0 Å². The van der Waals surface area contributed by atoms with Crippen LogP contribution in [0.15, 0.2) is 18.2 Å². The second-order valence-corrected chi connectivity index (χ2v) is 4.38. The van der Waals surface area contributed by atoms with E-state index in [-0.39, 0.29) is 18.6 Å². The lowest BCUT2D eigenvalue weighted by Crippen LogP contribution is -2.35. The normalized spacial score (nSPS) is 16.2. The fourth-order valence-electron chi connectivity index (χ4n) is 1.94. The number of nitrogens with zero attached hydrogens (tertiary/aromatic N) is 1. The molecule has 0 aromatic heterocycles. The molecule has 1 aliphatic heterocycles. The minimum Gasteiger partial charge on any atom is -0.482 e. The summed E-state index contributed by atoms with van der Waals surface area (Å²) in [5.74, 6) is 0.691. The third-order valence-electron chi connectivity index (χ3n) is 3.11. The molecule has 0 saturated heterocycles. The molecule has 1 aromatic rings. The van der Waals surface area contributed by atoms with Gasteiger partial charge in [-0.15, -0.1) is 0 Å². The molecule has 3 N–H and O–H groups in total. The van der Waals surface area contributed by atoms with E-state index in [1.54, 1.807) is 11.9 Å². The predicted octanol–water partition coefficient (Wildman–Crippen LogP) is 0.651. The SMILES string of the molecule is CCNCC(N)c1ccc2c(c1)N(C)C(=O)CO2. The minimum atomic E-state index is -0.0827. The maximum Gasteiger partial charge on any atom is 0.264 e. The van der Waals surface area contributed by atoms with E-state index in [0.717, 1.165) is 23.5 Å². The number of benzene rings is 1. The number of amides is 1. The molecule has 0 fully saturated rings. The first kappa shape index (κ1) is 12.9. The lowest BCUT2D eigenvalue weighted by atomic mass is 10.1. The van der Waals surface area contributed by atoms with Gasteiger partial charge in [0.05, 0.1) is 5.69 Å². The van der Waals surface area contributed by atoms with Crippen LogP contribution in [-0.4, -0.2) is 32.7 Å². The molecule has 18 heavy (non-hydrogen) atoms. The van der Waals surface area contributed by atoms with Crippen LogP contribution in [0.25, 0.3) is 0 Å². The van der Waals surface area contributed by atoms with Gasteiger partial charge in [0.15, 0.2) is 6.61 Å². The molecule has 1 amide bonds. The van der Waals surface area contributed by atoms with Crippen LogP contribution in [0.4, 0.5) is 5.69 Å². The molecule has 0 bridgehead atoms. The van der Waals surface area contributed by atoms with Crippen LogP contribution in [0.5, 0.6) is 5.75 Å². The molecule has 0 radical (unpaired) electrons. The van der Waals surface area contributed by atoms with Crippen molar-refractivity contribution in [2.75, 3.05) is 31.6 Å². The molecule has 0 saturated carbocycles. The molecule has 5 nitrogen and oxygen atoms in total. The molecule has 1 heterocycles. The van der Waals surface area contributed by atoms with Gasteiger partial charge in [-0.3, -0.25) is 4.79 Å². The molecule has 0 spiro atoms. The first-order chi connectivity index (χ1) is 8.63. The molecule has 1 atom stereocenters. The van der Waals surface area contributed by atoms with E-state index in [0.29, 0.717) is 6.54 Å². The Morgan fingerprint density at radius 1 is 1.56 bits per heavy atom. The Kier molecular flexibility index (Phi) is 3.84. The molecular weight excluding hydrogens is 230 g/mol. The number of likely N-dealkylation sites (N-methyl/N-ethyl adjacent to an activating group) is 2. The molecule has 0 aliphatic carbocycles. The van der Waals surface area contributed by atoms with Gasteiger partial charge < -0.3 is 20.7 Å². The topological polar surface area (TPSA) is 67.6 Å². The Bertz CT molecular complexity index is 448. The van der Waals surface area contributed by atoms with Crippen molar-refractivity contribution in [3.05, 3.63) is 23.8 Å². The van der Waals surface area contributed by atoms with E-state index in [1.165, 1.54) is 0 Å². The predicted molar refractivity (Wildman–Crippen MR) is 70.8 cm³/mol. The van der Waals surface area contributed by atoms with Gasteiger partial charge in [-0.2, -0.15) is 0 Å². The van der Waals surface area contributed by atoms with Crippen molar-refractivity contribution < 1.29 is 9.53 Å². The maximum absolute atomic E-state index is 11.6. The van der Waals surface area contributed by atoms with Gasteiger partial charge in [-0.25, -0.2) is 0 Å². The van der Waals surface area contributed by atoms with Crippen molar-refractivity contribution >= 4 is 11.6 Å². The first-order valence-corrected chi connectivity index (χ1v) is 6.13. The van der Waals surface area contributed by atoms with E-state index in [2.05, 4.69) is 5.32 Å². The number of hydrogen-bond acceptors (Lipinski definition) is 4. The summed E-state index contributed by atoms with van der Waals surface area (Å²) in [6, 6.07) is 5.67. The second kappa shape index (κ2) is 5.37. The number of carbonyl (C=O) groups excluding carboxylic acids is 1. The molecule has 1 unspecified atom stereocenters. The fourth-order valence-corrected chi connectivity index (χ4v) is 1.94. The third-order valence-corrected chi connectivity index (χ3v) is 3.11. The van der Waals surface area contributed by atoms with Crippen LogP contribution in [0.1, 0.15) is 18.5 Å². The molecule has 5 heteroatoms. The van der Waals surface area contributed by atoms with Crippen molar-refractivity contribution in [3.63, 3.8) is 0 Å². The van der Waals surface area contributed by atoms with Crippen molar-refractivity contribution in [3.8, 4) is 5.75 Å². The molecule has 1 aromatic carbocycles. The van der Waals surface area contributed by atoms with Gasteiger partial charge in [-0.1, -0.05) is 13.0 Å². The van der Waals surface area contributed by atoms with E-state index < -0.39 is 0 Å². The zero-order chi connectivity index (χ0) is 13.1. The standard InChI is InChI=1S/C13H19N3O2/c1-3-15-7-10(14)9-4-5-12-11(6-9)16(2)13(17)8-18-12/h4-6,10,15H,3,7-8,14H2,1-2H3. The Morgan fingerprint density at radius 3 is 3.06 bits per heavy atom. The van der Waals surface area contributed by atoms with Crippen LogP contribution in [-0.2, 0) is 4.79 Å². The Balaban J connectivity index is 2.23. The van der Waals surface area contributed by atoms with Crippen molar-refractivity contribution in [1.82, 2.24) is 5.32 Å². The van der Waals surface area contributed by atoms with Gasteiger partial charge >= 0.3 is 0 Å². The monoisotopic (exact) mass is 249 g/mol. The van der Waals surface area contributed by atoms with E-state index in [9.17, 15) is 4.79 Å². The molecular formula is C13H19N3O2. The van der Waals surface area contributed by atoms with Gasteiger partial charge in [0.2, 0.25) is 0 Å². The largest absolute Gasteiger partial charge is 0.482 e. The lowest BCUT2D eigenvalue weighted by molar-refractivity contribution is -0.120. The number of rotatable bonds is 4. The number of ether oxygens (including phenoxy) is 1. The van der Waals surface area contributed by atoms with E-state index in [1.807, 2.05) is 25.1 Å². The Hall–Kier alpha value is -1.59. The van der Waals surface area contributed by atoms with Gasteiger partial charge in [-0.05, 0) is 24.2 Å². The van der Waals surface area contributed by atoms with Crippen LogP contribution in [0.3, 0.4) is 0 Å². The number of anilines is 1. The summed E-state index contributed by atoms with van der Waals surface area (Å²) < 4.78 is 5.37. The van der Waals surface area contributed by atoms with Crippen molar-refractivity contribution in [1.29, 1.82) is 0 Å². The average Bonchev–Trinajstić information content (AvgIpc) is 2.40. The Labute approximate surface area is 107 Å². The van der Waals surface area contributed by atoms with Gasteiger partial charge in [0.1, 0.15) is 5.75 Å². The summed E-state index contributed by atoms with van der Waals surface area (Å²) in [6.07, 6.45) is 0. The third kappa shape index (κ3) is 2.47. The summed E-state index contributed by atoms with van der Waals surface area (Å²) in [4.78, 5) is 13.2. The van der Waals surface area contributed by atoms with E-state index in [4.69, 9.17) is 10.5 Å². The maximum atomic E-state index is 11.6. The molecule has 1 aliphatic rings. The van der Waals surface area contributed by atoms with Crippen molar-refractivity contribution in [2.24, 2.45) is 5.73 Å². The van der Waals surface area contributed by atoms with Crippen LogP contribution >= 0.6 is 0 Å². The fraction of sp³-hybridized carbons (Fsp3) is 0.462. The minimum absolute atomic E-state index is 0.0418. The highest BCUT2D eigenvalue weighted by Gasteiger charge is 2.23. The van der Waals surface area contributed by atoms with Gasteiger partial charge in [0.25, 0.3) is 5.91 Å². The number of fused-ring (bicyclic) bond motifs is 1. The van der Waals surface area contributed by atoms with Crippen LogP contribution < -0.4 is 20.7 Å². The quantitative estimate of drug-likeness (QED) is 0.822. The smallest absolute Gasteiger partial charge is 0.264 e. The second-order valence-electron chi connectivity index (χ2n) is 4.38. The van der Waals surface area contributed by atoms with Crippen molar-refractivity contribution in [2.45, 2.75) is 13.0 Å². The Morgan fingerprint density at radius 2 is 2.33 bits per heavy atom. The van der Waals surface area contributed by atoms with E-state index >= 15 is 0 Å². The summed E-state index contributed by atoms with van der Waals surface area (Å²) >= 11 is 0. The van der Waals surface area contributed by atoms with Crippen LogP contribution in [0, 0.1) is 0 Å². The number of carbonyl (C=O) groups is 1. The summed E-state index contributed by atoms with van der Waals surface area (Å²) in [7, 11) is 1.75. The highest BCUT2D eigenvalue weighted by atomic mass is 16.5. The molecule has 98 valence electrons. The number of nitrogens with one attached hydrogen (secondary N) is 1. The van der Waals surface area contributed by atoms with Gasteiger partial charge in [0, 0.05) is 19.6 Å². The zero-order valence-corrected chi connectivity index (χ0v) is 10.8. The summed E-state index contributed by atoms with van der Waals surface area (Å²) in [5, 5.41) is 3.21. The first-order valence-electron chi connectivity index (χ1n) is 6.13. The zero-order valence-electron chi connectivity index (χ0n) is 10.8. The molecule has 2 rings (SSSR count). The lowest BCUT2D eigenvalue weighted by Gasteiger charge is -2.27. The number of hydrogen-bond donors (Lipinski definition) is 2.